The SMILES string of the molecule is Cc1cc(C)c(S(=O)(=O)N2CCC(CO)C2)c(C)c1. The van der Waals surface area contributed by atoms with Crippen molar-refractivity contribution >= 4 is 10.0 Å². The van der Waals surface area contributed by atoms with Crippen LogP contribution in [0.25, 0.3) is 0 Å². The van der Waals surface area contributed by atoms with Crippen LogP contribution in [-0.2, 0) is 10.0 Å². The van der Waals surface area contributed by atoms with E-state index >= 15 is 0 Å². The lowest BCUT2D eigenvalue weighted by atomic mass is 10.1. The van der Waals surface area contributed by atoms with Gasteiger partial charge in [-0.3, -0.25) is 0 Å². The summed E-state index contributed by atoms with van der Waals surface area (Å²) >= 11 is 0. The number of hydrogen-bond acceptors (Lipinski definition) is 3. The highest BCUT2D eigenvalue weighted by atomic mass is 32.2. The molecule has 1 atom stereocenters. The number of rotatable bonds is 3. The fourth-order valence-corrected chi connectivity index (χ4v) is 4.81. The zero-order valence-corrected chi connectivity index (χ0v) is 12.5. The van der Waals surface area contributed by atoms with Gasteiger partial charge in [0.15, 0.2) is 0 Å². The molecule has 0 aliphatic carbocycles. The summed E-state index contributed by atoms with van der Waals surface area (Å²) in [6.07, 6.45) is 0.736. The van der Waals surface area contributed by atoms with Crippen LogP contribution in [0.15, 0.2) is 17.0 Å². The van der Waals surface area contributed by atoms with Gasteiger partial charge in [0.05, 0.1) is 4.90 Å². The summed E-state index contributed by atoms with van der Waals surface area (Å²) in [7, 11) is -3.44. The van der Waals surface area contributed by atoms with Crippen LogP contribution in [0.1, 0.15) is 23.1 Å². The highest BCUT2D eigenvalue weighted by molar-refractivity contribution is 7.89. The molecule has 1 fully saturated rings. The minimum Gasteiger partial charge on any atom is -0.396 e. The van der Waals surface area contributed by atoms with E-state index in [1.807, 2.05) is 32.9 Å². The molecule has 1 aliphatic rings. The third-order valence-corrected chi connectivity index (χ3v) is 5.88. The molecule has 2 rings (SSSR count). The summed E-state index contributed by atoms with van der Waals surface area (Å²) < 4.78 is 26.9. The van der Waals surface area contributed by atoms with Gasteiger partial charge in [-0.15, -0.1) is 0 Å². The molecule has 0 saturated carbocycles. The van der Waals surface area contributed by atoms with Crippen LogP contribution in [0, 0.1) is 26.7 Å². The monoisotopic (exact) mass is 283 g/mol. The molecule has 1 N–H and O–H groups in total. The number of benzene rings is 1. The third kappa shape index (κ3) is 2.68. The van der Waals surface area contributed by atoms with E-state index in [1.165, 1.54) is 4.31 Å². The summed E-state index contributed by atoms with van der Waals surface area (Å²) in [6, 6.07) is 3.80. The van der Waals surface area contributed by atoms with Crippen molar-refractivity contribution in [3.05, 3.63) is 28.8 Å². The van der Waals surface area contributed by atoms with Crippen LogP contribution in [0.3, 0.4) is 0 Å². The normalized spacial score (nSPS) is 20.9. The highest BCUT2D eigenvalue weighted by Crippen LogP contribution is 2.29. The average molecular weight is 283 g/mol. The summed E-state index contributed by atoms with van der Waals surface area (Å²) in [5, 5.41) is 9.14. The molecule has 19 heavy (non-hydrogen) atoms. The van der Waals surface area contributed by atoms with E-state index < -0.39 is 10.0 Å². The minimum absolute atomic E-state index is 0.0535. The number of sulfonamides is 1. The smallest absolute Gasteiger partial charge is 0.243 e. The van der Waals surface area contributed by atoms with Crippen LogP contribution in [0.5, 0.6) is 0 Å². The molecular formula is C14H21NO3S. The van der Waals surface area contributed by atoms with Gasteiger partial charge in [0.2, 0.25) is 10.0 Å². The van der Waals surface area contributed by atoms with Gasteiger partial charge in [-0.05, 0) is 44.2 Å². The van der Waals surface area contributed by atoms with Crippen molar-refractivity contribution in [2.24, 2.45) is 5.92 Å². The molecule has 0 amide bonds. The second-order valence-electron chi connectivity index (χ2n) is 5.43. The van der Waals surface area contributed by atoms with Gasteiger partial charge < -0.3 is 5.11 Å². The predicted octanol–water partition coefficient (Wildman–Crippen LogP) is 1.61. The summed E-state index contributed by atoms with van der Waals surface area (Å²) in [5.74, 6) is 0.0702. The van der Waals surface area contributed by atoms with Crippen molar-refractivity contribution in [3.63, 3.8) is 0 Å². The Balaban J connectivity index is 2.41. The van der Waals surface area contributed by atoms with Crippen molar-refractivity contribution in [1.82, 2.24) is 4.31 Å². The summed E-state index contributed by atoms with van der Waals surface area (Å²) in [6.45, 7) is 6.62. The quantitative estimate of drug-likeness (QED) is 0.917. The molecule has 5 heteroatoms. The minimum atomic E-state index is -3.44. The predicted molar refractivity (Wildman–Crippen MR) is 74.6 cm³/mol. The number of aryl methyl sites for hydroxylation is 3. The topological polar surface area (TPSA) is 57.6 Å². The Morgan fingerprint density at radius 1 is 1.26 bits per heavy atom. The van der Waals surface area contributed by atoms with Crippen LogP contribution in [-0.4, -0.2) is 37.5 Å². The van der Waals surface area contributed by atoms with E-state index in [0.717, 1.165) is 23.1 Å². The molecule has 0 spiro atoms. The van der Waals surface area contributed by atoms with E-state index in [9.17, 15) is 8.42 Å². The van der Waals surface area contributed by atoms with Crippen molar-refractivity contribution in [3.8, 4) is 0 Å². The number of aliphatic hydroxyl groups excluding tert-OH is 1. The van der Waals surface area contributed by atoms with Gasteiger partial charge in [0, 0.05) is 19.7 Å². The third-order valence-electron chi connectivity index (χ3n) is 3.71. The Labute approximate surface area is 115 Å². The molecule has 1 aliphatic heterocycles. The van der Waals surface area contributed by atoms with E-state index in [2.05, 4.69) is 0 Å². The maximum Gasteiger partial charge on any atom is 0.243 e. The first kappa shape index (κ1) is 14.5. The number of aliphatic hydroxyl groups is 1. The van der Waals surface area contributed by atoms with Crippen LogP contribution in [0.4, 0.5) is 0 Å². The second-order valence-corrected chi connectivity index (χ2v) is 7.30. The van der Waals surface area contributed by atoms with Crippen LogP contribution >= 0.6 is 0 Å². The molecule has 4 nitrogen and oxygen atoms in total. The first-order valence-corrected chi connectivity index (χ1v) is 7.99. The van der Waals surface area contributed by atoms with Crippen molar-refractivity contribution < 1.29 is 13.5 Å². The molecule has 1 aromatic rings. The Morgan fingerprint density at radius 2 is 1.84 bits per heavy atom. The van der Waals surface area contributed by atoms with E-state index in [0.29, 0.717) is 18.0 Å². The highest BCUT2D eigenvalue weighted by Gasteiger charge is 2.33. The molecule has 106 valence electrons. The molecule has 0 bridgehead atoms. The molecule has 0 aromatic heterocycles. The fraction of sp³-hybridized carbons (Fsp3) is 0.571. The Bertz CT molecular complexity index is 557. The largest absolute Gasteiger partial charge is 0.396 e. The Kier molecular flexibility index (Phi) is 3.99. The van der Waals surface area contributed by atoms with Crippen molar-refractivity contribution in [1.29, 1.82) is 0 Å². The zero-order valence-electron chi connectivity index (χ0n) is 11.7. The lowest BCUT2D eigenvalue weighted by Gasteiger charge is -2.20. The first-order chi connectivity index (χ1) is 8.86. The van der Waals surface area contributed by atoms with Crippen LogP contribution < -0.4 is 0 Å². The molecule has 0 radical (unpaired) electrons. The fourth-order valence-electron chi connectivity index (χ4n) is 2.87. The van der Waals surface area contributed by atoms with Gasteiger partial charge in [0.1, 0.15) is 0 Å². The van der Waals surface area contributed by atoms with Gasteiger partial charge in [0.25, 0.3) is 0 Å². The number of nitrogens with zero attached hydrogens (tertiary/aromatic N) is 1. The second kappa shape index (κ2) is 5.23. The lowest BCUT2D eigenvalue weighted by Crippen LogP contribution is -2.30. The van der Waals surface area contributed by atoms with E-state index in [1.54, 1.807) is 0 Å². The van der Waals surface area contributed by atoms with Gasteiger partial charge >= 0.3 is 0 Å². The lowest BCUT2D eigenvalue weighted by molar-refractivity contribution is 0.233. The van der Waals surface area contributed by atoms with E-state index in [-0.39, 0.29) is 12.5 Å². The molecule has 1 unspecified atom stereocenters. The van der Waals surface area contributed by atoms with E-state index in [4.69, 9.17) is 5.11 Å². The van der Waals surface area contributed by atoms with Crippen molar-refractivity contribution in [2.75, 3.05) is 19.7 Å². The maximum atomic E-state index is 12.7. The van der Waals surface area contributed by atoms with Gasteiger partial charge in [-0.2, -0.15) is 4.31 Å². The summed E-state index contributed by atoms with van der Waals surface area (Å²) in [4.78, 5) is 0.427. The molecule has 1 aromatic carbocycles. The zero-order chi connectivity index (χ0) is 14.2. The molecule has 1 heterocycles. The Hall–Kier alpha value is -0.910. The Morgan fingerprint density at radius 3 is 2.32 bits per heavy atom. The average Bonchev–Trinajstić information content (AvgIpc) is 2.75. The standard InChI is InChI=1S/C14H21NO3S/c1-10-6-11(2)14(12(3)7-10)19(17,18)15-5-4-13(8-15)9-16/h6-7,13,16H,4-5,8-9H2,1-3H3. The van der Waals surface area contributed by atoms with Crippen molar-refractivity contribution in [2.45, 2.75) is 32.1 Å². The first-order valence-electron chi connectivity index (χ1n) is 6.55. The molecule has 1 saturated heterocycles. The summed E-state index contributed by atoms with van der Waals surface area (Å²) in [5.41, 5.74) is 2.67. The van der Waals surface area contributed by atoms with Gasteiger partial charge in [-0.1, -0.05) is 17.7 Å². The van der Waals surface area contributed by atoms with Crippen LogP contribution in [0.2, 0.25) is 0 Å². The van der Waals surface area contributed by atoms with Gasteiger partial charge in [-0.25, -0.2) is 8.42 Å². The molecular weight excluding hydrogens is 262 g/mol. The maximum absolute atomic E-state index is 12.7. The number of hydrogen-bond donors (Lipinski definition) is 1.